The summed E-state index contributed by atoms with van der Waals surface area (Å²) in [6.07, 6.45) is -0.352. The summed E-state index contributed by atoms with van der Waals surface area (Å²) in [5.41, 5.74) is 1.27. The van der Waals surface area contributed by atoms with Crippen molar-refractivity contribution in [3.05, 3.63) is 35.9 Å². The molecule has 0 radical (unpaired) electrons. The van der Waals surface area contributed by atoms with Crippen molar-refractivity contribution in [3.63, 3.8) is 0 Å². The van der Waals surface area contributed by atoms with E-state index in [-0.39, 0.29) is 12.0 Å². The normalized spacial score (nSPS) is 22.4. The number of likely N-dealkylation sites (N-methyl/N-ethyl adjacent to an activating group) is 1. The minimum Gasteiger partial charge on any atom is -0.366 e. The zero-order valence-electron chi connectivity index (χ0n) is 10.9. The minimum atomic E-state index is -0.352. The Labute approximate surface area is 108 Å². The summed E-state index contributed by atoms with van der Waals surface area (Å²) >= 11 is 0. The van der Waals surface area contributed by atoms with Crippen LogP contribution in [0.25, 0.3) is 0 Å². The molecule has 1 heterocycles. The van der Waals surface area contributed by atoms with E-state index in [1.165, 1.54) is 5.56 Å². The second-order valence-electron chi connectivity index (χ2n) is 4.56. The smallest absolute Gasteiger partial charge is 0.250 e. The van der Waals surface area contributed by atoms with Crippen LogP contribution in [0.3, 0.4) is 0 Å². The summed E-state index contributed by atoms with van der Waals surface area (Å²) < 4.78 is 5.49. The molecule has 1 aliphatic heterocycles. The predicted molar refractivity (Wildman–Crippen MR) is 70.2 cm³/mol. The molecular weight excluding hydrogens is 228 g/mol. The highest BCUT2D eigenvalue weighted by Gasteiger charge is 2.28. The Kier molecular flexibility index (Phi) is 4.33. The Morgan fingerprint density at radius 1 is 1.44 bits per heavy atom. The van der Waals surface area contributed by atoms with Gasteiger partial charge in [0.05, 0.1) is 6.61 Å². The van der Waals surface area contributed by atoms with Gasteiger partial charge in [-0.05, 0) is 12.5 Å². The molecule has 1 aliphatic rings. The molecule has 1 amide bonds. The predicted octanol–water partition coefficient (Wildman–Crippen LogP) is 1.19. The minimum absolute atomic E-state index is 0.0417. The van der Waals surface area contributed by atoms with Crippen molar-refractivity contribution in [2.45, 2.75) is 19.1 Å². The number of nitrogens with one attached hydrogen (secondary N) is 1. The van der Waals surface area contributed by atoms with Gasteiger partial charge in [0.1, 0.15) is 6.10 Å². The third kappa shape index (κ3) is 2.89. The van der Waals surface area contributed by atoms with E-state index in [0.29, 0.717) is 19.2 Å². The van der Waals surface area contributed by atoms with Gasteiger partial charge in [0.15, 0.2) is 0 Å². The van der Waals surface area contributed by atoms with E-state index < -0.39 is 0 Å². The van der Waals surface area contributed by atoms with E-state index in [9.17, 15) is 4.79 Å². The summed E-state index contributed by atoms with van der Waals surface area (Å²) in [6.45, 7) is 4.29. The number of ether oxygens (including phenoxy) is 1. The van der Waals surface area contributed by atoms with E-state index in [4.69, 9.17) is 4.74 Å². The van der Waals surface area contributed by atoms with Crippen LogP contribution in [0.4, 0.5) is 0 Å². The molecule has 1 aromatic carbocycles. The monoisotopic (exact) mass is 248 g/mol. The molecule has 0 aromatic heterocycles. The molecule has 98 valence electrons. The third-order valence-corrected chi connectivity index (χ3v) is 3.47. The summed E-state index contributed by atoms with van der Waals surface area (Å²) in [6, 6.07) is 10.7. The quantitative estimate of drug-likeness (QED) is 0.873. The average molecular weight is 248 g/mol. The number of nitrogens with zero attached hydrogens (tertiary/aromatic N) is 1. The maximum atomic E-state index is 11.6. The number of carbonyl (C=O) groups is 1. The van der Waals surface area contributed by atoms with Crippen LogP contribution in [0.15, 0.2) is 30.3 Å². The van der Waals surface area contributed by atoms with Gasteiger partial charge in [0.2, 0.25) is 5.91 Å². The molecule has 2 unspecified atom stereocenters. The molecule has 1 saturated heterocycles. The SMILES string of the molecule is CNC(=O)C1CN(C(C)c2ccccc2)CCO1. The largest absolute Gasteiger partial charge is 0.366 e. The zero-order valence-corrected chi connectivity index (χ0v) is 10.9. The fourth-order valence-corrected chi connectivity index (χ4v) is 2.28. The molecule has 4 heteroatoms. The molecular formula is C14H20N2O2. The van der Waals surface area contributed by atoms with Gasteiger partial charge in [-0.25, -0.2) is 0 Å². The maximum Gasteiger partial charge on any atom is 0.250 e. The molecule has 1 N–H and O–H groups in total. The zero-order chi connectivity index (χ0) is 13.0. The first-order chi connectivity index (χ1) is 8.72. The van der Waals surface area contributed by atoms with Gasteiger partial charge < -0.3 is 10.1 Å². The van der Waals surface area contributed by atoms with Crippen molar-refractivity contribution in [2.24, 2.45) is 0 Å². The third-order valence-electron chi connectivity index (χ3n) is 3.47. The first-order valence-corrected chi connectivity index (χ1v) is 6.34. The summed E-state index contributed by atoms with van der Waals surface area (Å²) in [7, 11) is 1.64. The molecule has 0 spiro atoms. The highest BCUT2D eigenvalue weighted by atomic mass is 16.5. The highest BCUT2D eigenvalue weighted by Crippen LogP contribution is 2.22. The van der Waals surface area contributed by atoms with Crippen LogP contribution in [0.2, 0.25) is 0 Å². The molecule has 0 bridgehead atoms. The van der Waals surface area contributed by atoms with Crippen molar-refractivity contribution in [2.75, 3.05) is 26.7 Å². The number of carbonyl (C=O) groups excluding carboxylic acids is 1. The first-order valence-electron chi connectivity index (χ1n) is 6.34. The van der Waals surface area contributed by atoms with Gasteiger partial charge in [0, 0.05) is 26.2 Å². The number of amides is 1. The fourth-order valence-electron chi connectivity index (χ4n) is 2.28. The molecule has 2 atom stereocenters. The molecule has 1 fully saturated rings. The van der Waals surface area contributed by atoms with Gasteiger partial charge >= 0.3 is 0 Å². The first kappa shape index (κ1) is 13.1. The van der Waals surface area contributed by atoms with Crippen molar-refractivity contribution in [1.82, 2.24) is 10.2 Å². The average Bonchev–Trinajstić information content (AvgIpc) is 2.46. The van der Waals surface area contributed by atoms with Gasteiger partial charge in [-0.15, -0.1) is 0 Å². The van der Waals surface area contributed by atoms with E-state index in [2.05, 4.69) is 29.3 Å². The Balaban J connectivity index is 2.03. The summed E-state index contributed by atoms with van der Waals surface area (Å²) in [5.74, 6) is -0.0417. The van der Waals surface area contributed by atoms with Gasteiger partial charge in [-0.1, -0.05) is 30.3 Å². The fraction of sp³-hybridized carbons (Fsp3) is 0.500. The van der Waals surface area contributed by atoms with E-state index >= 15 is 0 Å². The van der Waals surface area contributed by atoms with Crippen LogP contribution in [0, 0.1) is 0 Å². The van der Waals surface area contributed by atoms with Crippen LogP contribution in [-0.4, -0.2) is 43.7 Å². The standard InChI is InChI=1S/C14H20N2O2/c1-11(12-6-4-3-5-7-12)16-8-9-18-13(10-16)14(17)15-2/h3-7,11,13H,8-10H2,1-2H3,(H,15,17). The molecule has 4 nitrogen and oxygen atoms in total. The van der Waals surface area contributed by atoms with Gasteiger partial charge in [0.25, 0.3) is 0 Å². The lowest BCUT2D eigenvalue weighted by molar-refractivity contribution is -0.139. The maximum absolute atomic E-state index is 11.6. The Bertz CT molecular complexity index is 394. The molecule has 0 saturated carbocycles. The van der Waals surface area contributed by atoms with Crippen molar-refractivity contribution in [3.8, 4) is 0 Å². The lowest BCUT2D eigenvalue weighted by atomic mass is 10.1. The van der Waals surface area contributed by atoms with E-state index in [1.54, 1.807) is 7.05 Å². The van der Waals surface area contributed by atoms with Crippen LogP contribution in [0.5, 0.6) is 0 Å². The Morgan fingerprint density at radius 3 is 2.83 bits per heavy atom. The van der Waals surface area contributed by atoms with Crippen LogP contribution in [-0.2, 0) is 9.53 Å². The highest BCUT2D eigenvalue weighted by molar-refractivity contribution is 5.80. The van der Waals surface area contributed by atoms with Gasteiger partial charge in [-0.2, -0.15) is 0 Å². The second-order valence-corrected chi connectivity index (χ2v) is 4.56. The number of hydrogen-bond acceptors (Lipinski definition) is 3. The topological polar surface area (TPSA) is 41.6 Å². The number of rotatable bonds is 3. The van der Waals surface area contributed by atoms with Crippen LogP contribution >= 0.6 is 0 Å². The molecule has 1 aromatic rings. The van der Waals surface area contributed by atoms with Crippen molar-refractivity contribution in [1.29, 1.82) is 0 Å². The van der Waals surface area contributed by atoms with E-state index in [1.807, 2.05) is 18.2 Å². The van der Waals surface area contributed by atoms with E-state index in [0.717, 1.165) is 6.54 Å². The van der Waals surface area contributed by atoms with Crippen molar-refractivity contribution < 1.29 is 9.53 Å². The van der Waals surface area contributed by atoms with Gasteiger partial charge in [-0.3, -0.25) is 9.69 Å². The summed E-state index contributed by atoms with van der Waals surface area (Å²) in [5, 5.41) is 2.64. The number of morpholine rings is 1. The van der Waals surface area contributed by atoms with Crippen LogP contribution < -0.4 is 5.32 Å². The Morgan fingerprint density at radius 2 is 2.17 bits per heavy atom. The molecule has 2 rings (SSSR count). The number of hydrogen-bond donors (Lipinski definition) is 1. The second kappa shape index (κ2) is 5.98. The molecule has 0 aliphatic carbocycles. The lowest BCUT2D eigenvalue weighted by Gasteiger charge is -2.36. The molecule has 18 heavy (non-hydrogen) atoms. The van der Waals surface area contributed by atoms with Crippen LogP contribution in [0.1, 0.15) is 18.5 Å². The number of benzene rings is 1. The van der Waals surface area contributed by atoms with Crippen molar-refractivity contribution >= 4 is 5.91 Å². The lowest BCUT2D eigenvalue weighted by Crippen LogP contribution is -2.49. The Hall–Kier alpha value is -1.39. The summed E-state index contributed by atoms with van der Waals surface area (Å²) in [4.78, 5) is 13.9.